The summed E-state index contributed by atoms with van der Waals surface area (Å²) in [5, 5.41) is 8.71. The number of amides is 1. The van der Waals surface area contributed by atoms with Gasteiger partial charge in [0.2, 0.25) is 10.0 Å². The predicted octanol–water partition coefficient (Wildman–Crippen LogP) is 4.32. The van der Waals surface area contributed by atoms with Gasteiger partial charge in [0.05, 0.1) is 10.6 Å². The lowest BCUT2D eigenvalue weighted by Crippen LogP contribution is -2.29. The van der Waals surface area contributed by atoms with E-state index in [1.807, 2.05) is 0 Å². The number of nitrogen functional groups attached to an aromatic ring is 1. The van der Waals surface area contributed by atoms with Crippen molar-refractivity contribution in [3.63, 3.8) is 0 Å². The van der Waals surface area contributed by atoms with Crippen LogP contribution in [0.5, 0.6) is 0 Å². The van der Waals surface area contributed by atoms with Crippen LogP contribution in [-0.4, -0.2) is 19.3 Å². The molecule has 4 rings (SSSR count). The average Bonchev–Trinajstić information content (AvgIpc) is 3.07. The molecule has 1 atom stereocenters. The van der Waals surface area contributed by atoms with Crippen molar-refractivity contribution >= 4 is 48.9 Å². The summed E-state index contributed by atoms with van der Waals surface area (Å²) < 4.78 is 22.8. The number of thiophene rings is 1. The molecule has 3 aromatic rings. The fourth-order valence-corrected chi connectivity index (χ4v) is 5.74. The molecule has 0 radical (unpaired) electrons. The van der Waals surface area contributed by atoms with Crippen molar-refractivity contribution in [1.29, 1.82) is 0 Å². The average molecular weight is 473 g/mol. The number of benzene rings is 1. The minimum Gasteiger partial charge on any atom is -0.397 e. The Balaban J connectivity index is 1.61. The van der Waals surface area contributed by atoms with Gasteiger partial charge >= 0.3 is 0 Å². The molecule has 170 valence electrons. The number of aryl methyl sites for hydroxylation is 1. The van der Waals surface area contributed by atoms with E-state index in [4.69, 9.17) is 15.9 Å². The fourth-order valence-electron chi connectivity index (χ4n) is 4.23. The van der Waals surface area contributed by atoms with Gasteiger partial charge in [-0.2, -0.15) is 0 Å². The van der Waals surface area contributed by atoms with E-state index in [0.29, 0.717) is 22.2 Å². The lowest BCUT2D eigenvalue weighted by molar-refractivity contribution is 0.103. The van der Waals surface area contributed by atoms with Gasteiger partial charge in [0, 0.05) is 16.8 Å². The number of aromatic nitrogens is 1. The van der Waals surface area contributed by atoms with E-state index >= 15 is 0 Å². The fraction of sp³-hybridized carbons (Fsp3) is 0.391. The van der Waals surface area contributed by atoms with Gasteiger partial charge in [-0.05, 0) is 66.5 Å². The number of hydrogen-bond donors (Lipinski definition) is 3. The molecule has 0 saturated heterocycles. The summed E-state index contributed by atoms with van der Waals surface area (Å²) in [4.78, 5) is 18.9. The second kappa shape index (κ2) is 8.13. The second-order valence-electron chi connectivity index (χ2n) is 9.10. The molecule has 7 nitrogen and oxygen atoms in total. The zero-order chi connectivity index (χ0) is 23.3. The van der Waals surface area contributed by atoms with Crippen LogP contribution in [0, 0.1) is 11.3 Å². The molecule has 32 heavy (non-hydrogen) atoms. The van der Waals surface area contributed by atoms with Gasteiger partial charge in [-0.3, -0.25) is 4.79 Å². The van der Waals surface area contributed by atoms with E-state index < -0.39 is 10.0 Å². The molecule has 1 amide bonds. The van der Waals surface area contributed by atoms with Crippen LogP contribution < -0.4 is 16.2 Å². The number of rotatable bonds is 5. The van der Waals surface area contributed by atoms with Crippen LogP contribution in [0.1, 0.15) is 54.5 Å². The number of pyridine rings is 1. The van der Waals surface area contributed by atoms with Gasteiger partial charge in [-0.25, -0.2) is 18.5 Å². The summed E-state index contributed by atoms with van der Waals surface area (Å²) in [6.45, 7) is 6.89. The Morgan fingerprint density at radius 1 is 1.28 bits per heavy atom. The van der Waals surface area contributed by atoms with Crippen LogP contribution in [0.25, 0.3) is 10.2 Å². The van der Waals surface area contributed by atoms with Crippen molar-refractivity contribution in [3.8, 4) is 0 Å². The van der Waals surface area contributed by atoms with Crippen molar-refractivity contribution in [1.82, 2.24) is 4.98 Å². The van der Waals surface area contributed by atoms with E-state index in [1.54, 1.807) is 0 Å². The van der Waals surface area contributed by atoms with Gasteiger partial charge in [0.15, 0.2) is 0 Å². The highest BCUT2D eigenvalue weighted by Crippen LogP contribution is 2.42. The Kier molecular flexibility index (Phi) is 5.77. The topological polar surface area (TPSA) is 128 Å². The van der Waals surface area contributed by atoms with Crippen molar-refractivity contribution in [2.75, 3.05) is 11.1 Å². The maximum Gasteiger partial charge on any atom is 0.267 e. The molecule has 2 heterocycles. The number of nitrogens with zero attached hydrogens (tertiary/aromatic N) is 1. The Morgan fingerprint density at radius 3 is 2.59 bits per heavy atom. The zero-order valence-electron chi connectivity index (χ0n) is 18.4. The van der Waals surface area contributed by atoms with Gasteiger partial charge in [0.25, 0.3) is 5.91 Å². The number of nitrogens with two attached hydrogens (primary N) is 2. The first-order valence-corrected chi connectivity index (χ1v) is 13.0. The third kappa shape index (κ3) is 4.24. The first-order valence-electron chi connectivity index (χ1n) is 10.6. The van der Waals surface area contributed by atoms with Crippen LogP contribution in [0.2, 0.25) is 0 Å². The van der Waals surface area contributed by atoms with Gasteiger partial charge in [-0.15, -0.1) is 11.3 Å². The van der Waals surface area contributed by atoms with Crippen LogP contribution in [0.3, 0.4) is 0 Å². The lowest BCUT2D eigenvalue weighted by Gasteiger charge is -2.36. The summed E-state index contributed by atoms with van der Waals surface area (Å²) >= 11 is 1.28. The minimum atomic E-state index is -3.79. The molecule has 9 heteroatoms. The van der Waals surface area contributed by atoms with Crippen molar-refractivity contribution in [2.45, 2.75) is 51.3 Å². The molecule has 0 saturated carbocycles. The Morgan fingerprint density at radius 2 is 1.97 bits per heavy atom. The highest BCUT2D eigenvalue weighted by Gasteiger charge is 2.32. The SMILES string of the molecule is CCC(C)(C)C1CCc2nc3sc(C(=O)Nc4ccc(S(N)(=O)=O)cc4)c(N)c3cc2C1. The van der Waals surface area contributed by atoms with E-state index in [1.165, 1.54) is 41.2 Å². The molecule has 5 N–H and O–H groups in total. The molecule has 0 aliphatic heterocycles. The van der Waals surface area contributed by atoms with Crippen LogP contribution >= 0.6 is 11.3 Å². The summed E-state index contributed by atoms with van der Waals surface area (Å²) in [5.41, 5.74) is 9.86. The molecule has 0 bridgehead atoms. The minimum absolute atomic E-state index is 0.0174. The number of hydrogen-bond acceptors (Lipinski definition) is 6. The van der Waals surface area contributed by atoms with E-state index in [0.717, 1.165) is 41.6 Å². The number of primary sulfonamides is 1. The Labute approximate surface area is 192 Å². The molecule has 0 spiro atoms. The maximum absolute atomic E-state index is 12.9. The molecule has 1 aromatic carbocycles. The summed E-state index contributed by atoms with van der Waals surface area (Å²) in [7, 11) is -3.79. The molecular formula is C23H28N4O3S2. The smallest absolute Gasteiger partial charge is 0.267 e. The highest BCUT2D eigenvalue weighted by atomic mass is 32.2. The summed E-state index contributed by atoms with van der Waals surface area (Å²) in [6.07, 6.45) is 4.17. The van der Waals surface area contributed by atoms with Crippen molar-refractivity contribution < 1.29 is 13.2 Å². The number of fused-ring (bicyclic) bond motifs is 2. The second-order valence-corrected chi connectivity index (χ2v) is 11.7. The molecule has 0 fully saturated rings. The van der Waals surface area contributed by atoms with Crippen molar-refractivity contribution in [2.24, 2.45) is 16.5 Å². The third-order valence-corrected chi connectivity index (χ3v) is 8.79. The third-order valence-electron chi connectivity index (χ3n) is 6.75. The predicted molar refractivity (Wildman–Crippen MR) is 129 cm³/mol. The van der Waals surface area contributed by atoms with E-state index in [9.17, 15) is 13.2 Å². The molecule has 1 aliphatic rings. The maximum atomic E-state index is 12.9. The standard InChI is InChI=1S/C23H28N4O3S2/c1-4-23(2,3)14-5-10-18-13(11-14)12-17-19(24)20(31-22(17)27-18)21(28)26-15-6-8-16(9-7-15)32(25,29)30/h6-9,12,14H,4-5,10-11,24H2,1-3H3,(H,26,28)(H2,25,29,30). The van der Waals surface area contributed by atoms with Gasteiger partial charge in [0.1, 0.15) is 9.71 Å². The number of carbonyl (C=O) groups is 1. The normalized spacial score (nSPS) is 16.7. The largest absolute Gasteiger partial charge is 0.397 e. The zero-order valence-corrected chi connectivity index (χ0v) is 20.1. The van der Waals surface area contributed by atoms with Gasteiger partial charge in [-0.1, -0.05) is 27.2 Å². The first kappa shape index (κ1) is 22.7. The molecule has 1 unspecified atom stereocenters. The van der Waals surface area contributed by atoms with E-state index in [2.05, 4.69) is 32.2 Å². The number of sulfonamides is 1. The number of anilines is 2. The molecule has 1 aliphatic carbocycles. The highest BCUT2D eigenvalue weighted by molar-refractivity contribution is 7.89. The van der Waals surface area contributed by atoms with Crippen molar-refractivity contribution in [3.05, 3.63) is 46.5 Å². The monoisotopic (exact) mass is 472 g/mol. The van der Waals surface area contributed by atoms with Crippen LogP contribution in [0.15, 0.2) is 35.2 Å². The molecule has 2 aromatic heterocycles. The quantitative estimate of drug-likeness (QED) is 0.509. The summed E-state index contributed by atoms with van der Waals surface area (Å²) in [5.74, 6) is 0.249. The lowest BCUT2D eigenvalue weighted by atomic mass is 9.69. The number of nitrogens with one attached hydrogen (secondary N) is 1. The number of carbonyl (C=O) groups excluding carboxylic acids is 1. The van der Waals surface area contributed by atoms with Crippen LogP contribution in [-0.2, 0) is 22.9 Å². The van der Waals surface area contributed by atoms with Crippen LogP contribution in [0.4, 0.5) is 11.4 Å². The Hall–Kier alpha value is -2.49. The first-order chi connectivity index (χ1) is 15.0. The Bertz CT molecular complexity index is 1300. The van der Waals surface area contributed by atoms with Gasteiger partial charge < -0.3 is 11.1 Å². The van der Waals surface area contributed by atoms with E-state index in [-0.39, 0.29) is 16.2 Å². The molecular weight excluding hydrogens is 444 g/mol. The summed E-state index contributed by atoms with van der Waals surface area (Å²) in [6, 6.07) is 7.80.